The molecule has 6 nitrogen and oxygen atoms in total. The van der Waals surface area contributed by atoms with E-state index in [1.165, 1.54) is 39.2 Å². The Bertz CT molecular complexity index is 443. The maximum atomic E-state index is 11.1. The van der Waals surface area contributed by atoms with E-state index in [4.69, 9.17) is 9.47 Å². The predicted molar refractivity (Wildman–Crippen MR) is 60.4 cm³/mol. The third kappa shape index (κ3) is 3.17. The van der Waals surface area contributed by atoms with Gasteiger partial charge in [-0.1, -0.05) is 0 Å². The molecule has 0 spiro atoms. The molecule has 0 bridgehead atoms. The maximum absolute atomic E-state index is 11.1. The van der Waals surface area contributed by atoms with E-state index in [-0.39, 0.29) is 17.2 Å². The number of benzene rings is 1. The number of hydrogen-bond donors (Lipinski definition) is 0. The molecular formula is C11H13NO5. The number of nitro benzene ring substituents is 1. The summed E-state index contributed by atoms with van der Waals surface area (Å²) < 4.78 is 10.2. The number of nitro groups is 1. The Kier molecular flexibility index (Phi) is 4.03. The van der Waals surface area contributed by atoms with E-state index in [0.29, 0.717) is 5.75 Å². The van der Waals surface area contributed by atoms with Crippen molar-refractivity contribution in [3.63, 3.8) is 0 Å². The highest BCUT2D eigenvalue weighted by Gasteiger charge is 2.19. The Morgan fingerprint density at radius 3 is 2.59 bits per heavy atom. The summed E-state index contributed by atoms with van der Waals surface area (Å²) in [6.45, 7) is 2.89. The Hall–Kier alpha value is -2.11. The number of rotatable bonds is 5. The number of ether oxygens (including phenoxy) is 2. The summed E-state index contributed by atoms with van der Waals surface area (Å²) in [4.78, 5) is 21.3. The van der Waals surface area contributed by atoms with Gasteiger partial charge in [-0.15, -0.1) is 0 Å². The van der Waals surface area contributed by atoms with Crippen LogP contribution in [-0.2, 0) is 4.79 Å². The fraction of sp³-hybridized carbons (Fsp3) is 0.364. The van der Waals surface area contributed by atoms with Crippen molar-refractivity contribution in [1.29, 1.82) is 0 Å². The van der Waals surface area contributed by atoms with Crippen molar-refractivity contribution >= 4 is 11.5 Å². The first-order chi connectivity index (χ1) is 7.95. The number of methoxy groups -OCH3 is 1. The lowest BCUT2D eigenvalue weighted by atomic mass is 10.2. The smallest absolute Gasteiger partial charge is 0.311 e. The lowest BCUT2D eigenvalue weighted by Gasteiger charge is -2.12. The van der Waals surface area contributed by atoms with Gasteiger partial charge in [-0.25, -0.2) is 0 Å². The van der Waals surface area contributed by atoms with Crippen molar-refractivity contribution in [2.45, 2.75) is 20.0 Å². The molecule has 92 valence electrons. The number of carbonyl (C=O) groups excluding carboxylic acids is 1. The average molecular weight is 239 g/mol. The van der Waals surface area contributed by atoms with Crippen molar-refractivity contribution in [3.8, 4) is 11.5 Å². The largest absolute Gasteiger partial charge is 0.497 e. The molecule has 0 heterocycles. The second-order valence-electron chi connectivity index (χ2n) is 3.46. The summed E-state index contributed by atoms with van der Waals surface area (Å²) in [7, 11) is 1.44. The molecule has 1 aromatic carbocycles. The first-order valence-corrected chi connectivity index (χ1v) is 4.95. The van der Waals surface area contributed by atoms with E-state index < -0.39 is 11.0 Å². The number of Topliss-reactive ketones (excluding diaryl/α,β-unsaturated/α-hetero) is 1. The lowest BCUT2D eigenvalue weighted by Crippen LogP contribution is -2.21. The van der Waals surface area contributed by atoms with Gasteiger partial charge in [0.05, 0.1) is 12.0 Å². The molecule has 0 radical (unpaired) electrons. The summed E-state index contributed by atoms with van der Waals surface area (Å²) in [5, 5.41) is 10.8. The quantitative estimate of drug-likeness (QED) is 0.579. The Balaban J connectivity index is 3.09. The molecule has 0 aromatic heterocycles. The molecule has 17 heavy (non-hydrogen) atoms. The zero-order chi connectivity index (χ0) is 13.0. The Morgan fingerprint density at radius 1 is 1.47 bits per heavy atom. The minimum absolute atomic E-state index is 0.0250. The Morgan fingerprint density at radius 2 is 2.12 bits per heavy atom. The molecule has 0 aliphatic rings. The molecule has 0 fully saturated rings. The van der Waals surface area contributed by atoms with Crippen LogP contribution in [-0.4, -0.2) is 23.9 Å². The molecule has 0 aliphatic heterocycles. The average Bonchev–Trinajstić information content (AvgIpc) is 2.28. The second-order valence-corrected chi connectivity index (χ2v) is 3.46. The Labute approximate surface area is 98.3 Å². The third-order valence-electron chi connectivity index (χ3n) is 2.24. The van der Waals surface area contributed by atoms with Crippen LogP contribution >= 0.6 is 0 Å². The van der Waals surface area contributed by atoms with Crippen LogP contribution in [0.25, 0.3) is 0 Å². The van der Waals surface area contributed by atoms with E-state index in [9.17, 15) is 14.9 Å². The zero-order valence-corrected chi connectivity index (χ0v) is 9.80. The van der Waals surface area contributed by atoms with Crippen LogP contribution in [0, 0.1) is 10.1 Å². The fourth-order valence-electron chi connectivity index (χ4n) is 1.14. The molecular weight excluding hydrogens is 226 g/mol. The topological polar surface area (TPSA) is 78.7 Å². The normalized spacial score (nSPS) is 11.7. The summed E-state index contributed by atoms with van der Waals surface area (Å²) >= 11 is 0. The molecule has 6 heteroatoms. The summed E-state index contributed by atoms with van der Waals surface area (Å²) in [6, 6.07) is 4.13. The number of hydrogen-bond acceptors (Lipinski definition) is 5. The van der Waals surface area contributed by atoms with Gasteiger partial charge in [-0.2, -0.15) is 0 Å². The molecule has 0 saturated carbocycles. The monoisotopic (exact) mass is 239 g/mol. The van der Waals surface area contributed by atoms with E-state index in [0.717, 1.165) is 0 Å². The molecule has 0 aliphatic carbocycles. The van der Waals surface area contributed by atoms with Gasteiger partial charge in [0.1, 0.15) is 5.75 Å². The van der Waals surface area contributed by atoms with Gasteiger partial charge in [-0.05, 0) is 19.9 Å². The molecule has 0 amide bonds. The SMILES string of the molecule is COc1ccc([N+](=O)[O-])c(OC(C)C(C)=O)c1. The highest BCUT2D eigenvalue weighted by Crippen LogP contribution is 2.31. The van der Waals surface area contributed by atoms with Gasteiger partial charge in [0.15, 0.2) is 11.9 Å². The van der Waals surface area contributed by atoms with E-state index in [1.807, 2.05) is 0 Å². The summed E-state index contributed by atoms with van der Waals surface area (Å²) in [6.07, 6.45) is -0.735. The fourth-order valence-corrected chi connectivity index (χ4v) is 1.14. The maximum Gasteiger partial charge on any atom is 0.311 e. The molecule has 0 N–H and O–H groups in total. The minimum Gasteiger partial charge on any atom is -0.497 e. The van der Waals surface area contributed by atoms with E-state index in [1.54, 1.807) is 0 Å². The van der Waals surface area contributed by atoms with Gasteiger partial charge in [0.25, 0.3) is 0 Å². The highest BCUT2D eigenvalue weighted by atomic mass is 16.6. The van der Waals surface area contributed by atoms with Crippen LogP contribution in [0.5, 0.6) is 11.5 Å². The van der Waals surface area contributed by atoms with Crippen LogP contribution in [0.2, 0.25) is 0 Å². The predicted octanol–water partition coefficient (Wildman–Crippen LogP) is 1.96. The number of carbonyl (C=O) groups is 1. The summed E-state index contributed by atoms with van der Waals surface area (Å²) in [5.41, 5.74) is -0.195. The van der Waals surface area contributed by atoms with Gasteiger partial charge >= 0.3 is 5.69 Å². The van der Waals surface area contributed by atoms with Crippen LogP contribution in [0.1, 0.15) is 13.8 Å². The van der Waals surface area contributed by atoms with Gasteiger partial charge in [0, 0.05) is 12.1 Å². The minimum atomic E-state index is -0.735. The first kappa shape index (κ1) is 13.0. The van der Waals surface area contributed by atoms with E-state index >= 15 is 0 Å². The van der Waals surface area contributed by atoms with Gasteiger partial charge in [-0.3, -0.25) is 14.9 Å². The lowest BCUT2D eigenvalue weighted by molar-refractivity contribution is -0.386. The number of nitrogens with zero attached hydrogens (tertiary/aromatic N) is 1. The van der Waals surface area contributed by atoms with Crippen molar-refractivity contribution in [2.24, 2.45) is 0 Å². The molecule has 1 atom stereocenters. The standard InChI is InChI=1S/C11H13NO5/c1-7(13)8(2)17-11-6-9(16-3)4-5-10(11)12(14)15/h4-6,8H,1-3H3. The van der Waals surface area contributed by atoms with Crippen LogP contribution in [0.4, 0.5) is 5.69 Å². The molecule has 1 aromatic rings. The van der Waals surface area contributed by atoms with Crippen LogP contribution in [0.3, 0.4) is 0 Å². The molecule has 0 saturated heterocycles. The first-order valence-electron chi connectivity index (χ1n) is 4.95. The molecule has 1 rings (SSSR count). The van der Waals surface area contributed by atoms with Crippen molar-refractivity contribution in [1.82, 2.24) is 0 Å². The third-order valence-corrected chi connectivity index (χ3v) is 2.24. The van der Waals surface area contributed by atoms with Crippen molar-refractivity contribution < 1.29 is 19.2 Å². The number of ketones is 1. The van der Waals surface area contributed by atoms with Gasteiger partial charge < -0.3 is 9.47 Å². The second kappa shape index (κ2) is 5.29. The van der Waals surface area contributed by atoms with Crippen LogP contribution < -0.4 is 9.47 Å². The van der Waals surface area contributed by atoms with E-state index in [2.05, 4.69) is 0 Å². The van der Waals surface area contributed by atoms with Crippen LogP contribution in [0.15, 0.2) is 18.2 Å². The zero-order valence-electron chi connectivity index (χ0n) is 9.80. The molecule has 1 unspecified atom stereocenters. The summed E-state index contributed by atoms with van der Waals surface area (Å²) in [5.74, 6) is 0.250. The van der Waals surface area contributed by atoms with Crippen molar-refractivity contribution in [2.75, 3.05) is 7.11 Å². The van der Waals surface area contributed by atoms with Gasteiger partial charge in [0.2, 0.25) is 5.75 Å². The highest BCUT2D eigenvalue weighted by molar-refractivity contribution is 5.80. The van der Waals surface area contributed by atoms with Crippen molar-refractivity contribution in [3.05, 3.63) is 28.3 Å².